The van der Waals surface area contributed by atoms with E-state index in [1.165, 1.54) is 14.0 Å². The number of nitrogens with zero attached hydrogens (tertiary/aromatic N) is 2. The highest BCUT2D eigenvalue weighted by atomic mass is 16.5. The molecule has 27 heavy (non-hydrogen) atoms. The van der Waals surface area contributed by atoms with Crippen molar-refractivity contribution in [1.29, 1.82) is 0 Å². The van der Waals surface area contributed by atoms with E-state index in [-0.39, 0.29) is 5.78 Å². The van der Waals surface area contributed by atoms with Crippen LogP contribution in [0, 0.1) is 0 Å². The third-order valence-corrected chi connectivity index (χ3v) is 4.81. The van der Waals surface area contributed by atoms with Crippen LogP contribution in [-0.4, -0.2) is 47.6 Å². The van der Waals surface area contributed by atoms with Gasteiger partial charge < -0.3 is 19.5 Å². The van der Waals surface area contributed by atoms with Crippen LogP contribution in [0.15, 0.2) is 42.6 Å². The summed E-state index contributed by atoms with van der Waals surface area (Å²) in [5.74, 6) is 0.605. The first-order chi connectivity index (χ1) is 12.9. The molecule has 2 aromatic rings. The Morgan fingerprint density at radius 3 is 2.30 bits per heavy atom. The Morgan fingerprint density at radius 2 is 1.78 bits per heavy atom. The average Bonchev–Trinajstić information content (AvgIpc) is 2.69. The minimum absolute atomic E-state index is 0.0391. The summed E-state index contributed by atoms with van der Waals surface area (Å²) in [7, 11) is 1.52. The van der Waals surface area contributed by atoms with E-state index in [1.54, 1.807) is 42.6 Å². The molecule has 0 saturated carbocycles. The molecule has 1 aromatic heterocycles. The van der Waals surface area contributed by atoms with Gasteiger partial charge in [0.1, 0.15) is 5.82 Å². The number of hydrogen-bond acceptors (Lipinski definition) is 6. The maximum atomic E-state index is 12.0. The van der Waals surface area contributed by atoms with Crippen LogP contribution in [0.25, 0.3) is 0 Å². The smallest absolute Gasteiger partial charge is 0.348 e. The predicted octanol–water partition coefficient (Wildman–Crippen LogP) is 2.80. The monoisotopic (exact) mass is 370 g/mol. The summed E-state index contributed by atoms with van der Waals surface area (Å²) >= 11 is 0. The minimum atomic E-state index is -1.32. The number of benzene rings is 1. The number of aliphatic carboxylic acids is 1. The van der Waals surface area contributed by atoms with Crippen molar-refractivity contribution in [1.82, 2.24) is 4.98 Å². The average molecular weight is 370 g/mol. The molecule has 1 aliphatic rings. The van der Waals surface area contributed by atoms with E-state index < -0.39 is 11.6 Å². The number of Topliss-reactive ketones (excluding diaryl/α,β-unsaturated/α-hetero) is 1. The molecular formula is C20H22N2O5. The second-order valence-corrected chi connectivity index (χ2v) is 6.50. The van der Waals surface area contributed by atoms with Gasteiger partial charge in [-0.05, 0) is 31.2 Å². The summed E-state index contributed by atoms with van der Waals surface area (Å²) in [6.45, 7) is 2.45. The van der Waals surface area contributed by atoms with Gasteiger partial charge in [-0.3, -0.25) is 4.79 Å². The maximum Gasteiger partial charge on any atom is 0.348 e. The molecule has 1 aliphatic heterocycles. The second kappa shape index (κ2) is 7.65. The molecule has 0 bridgehead atoms. The van der Waals surface area contributed by atoms with Gasteiger partial charge >= 0.3 is 5.97 Å². The van der Waals surface area contributed by atoms with Crippen LogP contribution in [0.5, 0.6) is 11.5 Å². The summed E-state index contributed by atoms with van der Waals surface area (Å²) in [6.07, 6.45) is 2.15. The molecule has 0 aliphatic carbocycles. The topological polar surface area (TPSA) is 89.0 Å². The SMILES string of the molecule is COc1ccccc1OC1(C(=O)O)CCN(c2ccc(C(C)=O)cn2)CC1. The number of ketones is 1. The molecule has 1 saturated heterocycles. The molecule has 1 aromatic carbocycles. The first kappa shape index (κ1) is 18.7. The molecule has 0 atom stereocenters. The van der Waals surface area contributed by atoms with Crippen LogP contribution in [0.4, 0.5) is 5.82 Å². The van der Waals surface area contributed by atoms with E-state index in [1.807, 2.05) is 4.90 Å². The number of anilines is 1. The fourth-order valence-corrected chi connectivity index (χ4v) is 3.15. The third kappa shape index (κ3) is 3.86. The van der Waals surface area contributed by atoms with Gasteiger partial charge in [-0.15, -0.1) is 0 Å². The highest BCUT2D eigenvalue weighted by Gasteiger charge is 2.44. The molecule has 2 heterocycles. The summed E-state index contributed by atoms with van der Waals surface area (Å²) in [6, 6.07) is 10.5. The van der Waals surface area contributed by atoms with Crippen LogP contribution in [-0.2, 0) is 4.79 Å². The van der Waals surface area contributed by atoms with Crippen LogP contribution >= 0.6 is 0 Å². The zero-order valence-electron chi connectivity index (χ0n) is 15.3. The van der Waals surface area contributed by atoms with Crippen molar-refractivity contribution in [2.75, 3.05) is 25.1 Å². The lowest BCUT2D eigenvalue weighted by molar-refractivity contribution is -0.157. The van der Waals surface area contributed by atoms with Gasteiger partial charge in [0.15, 0.2) is 17.3 Å². The zero-order valence-corrected chi connectivity index (χ0v) is 15.3. The number of para-hydroxylation sites is 2. The molecule has 7 nitrogen and oxygen atoms in total. The van der Waals surface area contributed by atoms with E-state index in [0.29, 0.717) is 43.0 Å². The Balaban J connectivity index is 1.75. The van der Waals surface area contributed by atoms with Crippen LogP contribution in [0.1, 0.15) is 30.1 Å². The van der Waals surface area contributed by atoms with Gasteiger partial charge in [0.05, 0.1) is 7.11 Å². The van der Waals surface area contributed by atoms with E-state index in [9.17, 15) is 14.7 Å². The van der Waals surface area contributed by atoms with Crippen molar-refractivity contribution in [2.24, 2.45) is 0 Å². The Kier molecular flexibility index (Phi) is 5.30. The summed E-state index contributed by atoms with van der Waals surface area (Å²) in [5.41, 5.74) is -0.764. The molecule has 142 valence electrons. The maximum absolute atomic E-state index is 12.0. The van der Waals surface area contributed by atoms with Gasteiger partial charge in [-0.25, -0.2) is 9.78 Å². The number of carbonyl (C=O) groups is 2. The number of aromatic nitrogens is 1. The second-order valence-electron chi connectivity index (χ2n) is 6.50. The molecule has 0 radical (unpaired) electrons. The van der Waals surface area contributed by atoms with Crippen molar-refractivity contribution in [3.8, 4) is 11.5 Å². The quantitative estimate of drug-likeness (QED) is 0.782. The lowest BCUT2D eigenvalue weighted by Crippen LogP contribution is -2.53. The molecule has 1 N–H and O–H groups in total. The van der Waals surface area contributed by atoms with Crippen LogP contribution in [0.3, 0.4) is 0 Å². The fourth-order valence-electron chi connectivity index (χ4n) is 3.15. The first-order valence-corrected chi connectivity index (χ1v) is 8.72. The number of carboxylic acids is 1. The van der Waals surface area contributed by atoms with E-state index in [2.05, 4.69) is 4.98 Å². The highest BCUT2D eigenvalue weighted by Crippen LogP contribution is 2.35. The summed E-state index contributed by atoms with van der Waals surface area (Å²) in [4.78, 5) is 29.7. The zero-order chi connectivity index (χ0) is 19.4. The van der Waals surface area contributed by atoms with Gasteiger partial charge in [0.2, 0.25) is 5.60 Å². The van der Waals surface area contributed by atoms with Gasteiger partial charge in [-0.1, -0.05) is 12.1 Å². The number of hydrogen-bond donors (Lipinski definition) is 1. The van der Waals surface area contributed by atoms with Crippen molar-refractivity contribution in [3.63, 3.8) is 0 Å². The number of rotatable bonds is 6. The van der Waals surface area contributed by atoms with Gasteiger partial charge in [-0.2, -0.15) is 0 Å². The van der Waals surface area contributed by atoms with E-state index in [0.717, 1.165) is 5.82 Å². The summed E-state index contributed by atoms with van der Waals surface area (Å²) < 4.78 is 11.2. The normalized spacial score (nSPS) is 15.9. The van der Waals surface area contributed by atoms with Crippen LogP contribution in [0.2, 0.25) is 0 Å². The van der Waals surface area contributed by atoms with Crippen molar-refractivity contribution in [2.45, 2.75) is 25.4 Å². The number of carbonyl (C=O) groups excluding carboxylic acids is 1. The molecule has 0 spiro atoms. The van der Waals surface area contributed by atoms with Gasteiger partial charge in [0.25, 0.3) is 0 Å². The standard InChI is InChI=1S/C20H22N2O5/c1-14(23)15-7-8-18(21-13-15)22-11-9-20(10-12-22,19(24)25)27-17-6-4-3-5-16(17)26-2/h3-8,13H,9-12H2,1-2H3,(H,24,25). The molecule has 1 fully saturated rings. The van der Waals surface area contributed by atoms with Crippen molar-refractivity contribution < 1.29 is 24.2 Å². The van der Waals surface area contributed by atoms with E-state index in [4.69, 9.17) is 9.47 Å². The molecule has 7 heteroatoms. The number of piperidine rings is 1. The highest BCUT2D eigenvalue weighted by molar-refractivity contribution is 5.93. The number of methoxy groups -OCH3 is 1. The van der Waals surface area contributed by atoms with Crippen molar-refractivity contribution >= 4 is 17.6 Å². The third-order valence-electron chi connectivity index (χ3n) is 4.81. The Bertz CT molecular complexity index is 827. The number of ether oxygens (including phenoxy) is 2. The minimum Gasteiger partial charge on any atom is -0.493 e. The lowest BCUT2D eigenvalue weighted by Gasteiger charge is -2.39. The first-order valence-electron chi connectivity index (χ1n) is 8.72. The Morgan fingerprint density at radius 1 is 1.11 bits per heavy atom. The predicted molar refractivity (Wildman–Crippen MR) is 99.7 cm³/mol. The lowest BCUT2D eigenvalue weighted by atomic mass is 9.91. The molecular weight excluding hydrogens is 348 g/mol. The largest absolute Gasteiger partial charge is 0.493 e. The Labute approximate surface area is 157 Å². The van der Waals surface area contributed by atoms with Crippen molar-refractivity contribution in [3.05, 3.63) is 48.2 Å². The number of carboxylic acid groups (broad SMARTS) is 1. The fraction of sp³-hybridized carbons (Fsp3) is 0.350. The Hall–Kier alpha value is -3.09. The number of pyridine rings is 1. The molecule has 0 amide bonds. The van der Waals surface area contributed by atoms with Crippen LogP contribution < -0.4 is 14.4 Å². The van der Waals surface area contributed by atoms with Gasteiger partial charge in [0, 0.05) is 37.7 Å². The van der Waals surface area contributed by atoms with E-state index >= 15 is 0 Å². The summed E-state index contributed by atoms with van der Waals surface area (Å²) in [5, 5.41) is 9.83. The molecule has 0 unspecified atom stereocenters. The molecule has 3 rings (SSSR count).